The average Bonchev–Trinajstić information content (AvgIpc) is 2.28. The molecule has 86 valence electrons. The molecule has 1 atom stereocenters. The summed E-state index contributed by atoms with van der Waals surface area (Å²) in [6, 6.07) is 7.88. The van der Waals surface area contributed by atoms with Crippen LogP contribution >= 0.6 is 12.2 Å². The first-order chi connectivity index (χ1) is 7.63. The molecule has 0 saturated carbocycles. The number of hydrogen-bond acceptors (Lipinski definition) is 2. The number of thiocarbonyl (C=S) groups is 1. The molecule has 0 amide bonds. The lowest BCUT2D eigenvalue weighted by molar-refractivity contribution is 0.771. The van der Waals surface area contributed by atoms with Crippen molar-refractivity contribution in [1.29, 1.82) is 0 Å². The van der Waals surface area contributed by atoms with Gasteiger partial charge in [0, 0.05) is 18.3 Å². The molecular weight excluding hydrogens is 218 g/mol. The Kier molecular flexibility index (Phi) is 4.79. The lowest BCUT2D eigenvalue weighted by Crippen LogP contribution is -2.39. The van der Waals surface area contributed by atoms with Crippen molar-refractivity contribution >= 4 is 23.0 Å². The average molecular weight is 235 g/mol. The molecular formula is C12H17N3S. The maximum Gasteiger partial charge on any atom is 0.167 e. The van der Waals surface area contributed by atoms with E-state index in [0.29, 0.717) is 11.7 Å². The van der Waals surface area contributed by atoms with Crippen molar-refractivity contribution in [3.05, 3.63) is 42.5 Å². The van der Waals surface area contributed by atoms with Crippen LogP contribution in [0.3, 0.4) is 0 Å². The van der Waals surface area contributed by atoms with E-state index in [4.69, 9.17) is 18.0 Å². The van der Waals surface area contributed by atoms with Crippen LogP contribution in [-0.2, 0) is 6.54 Å². The monoisotopic (exact) mass is 235 g/mol. The second kappa shape index (κ2) is 6.12. The lowest BCUT2D eigenvalue weighted by Gasteiger charge is -2.14. The standard InChI is InChI=1S/C12H17N3S/c1-3-9(2)15-12(16)14-8-10-6-4-5-7-11(10)13/h3-7,9H,1,8,13H2,2H3,(H2,14,15,16). The van der Waals surface area contributed by atoms with Crippen LogP contribution in [0.5, 0.6) is 0 Å². The van der Waals surface area contributed by atoms with Crippen LogP contribution in [0.4, 0.5) is 5.69 Å². The Morgan fingerprint density at radius 3 is 2.88 bits per heavy atom. The highest BCUT2D eigenvalue weighted by Crippen LogP contribution is 2.09. The van der Waals surface area contributed by atoms with E-state index >= 15 is 0 Å². The fourth-order valence-corrected chi connectivity index (χ4v) is 1.45. The van der Waals surface area contributed by atoms with Crippen molar-refractivity contribution in [1.82, 2.24) is 10.6 Å². The van der Waals surface area contributed by atoms with Crippen molar-refractivity contribution in [2.24, 2.45) is 0 Å². The summed E-state index contributed by atoms with van der Waals surface area (Å²) in [6.45, 7) is 6.29. The molecule has 0 fully saturated rings. The van der Waals surface area contributed by atoms with Gasteiger partial charge in [-0.25, -0.2) is 0 Å². The van der Waals surface area contributed by atoms with Crippen molar-refractivity contribution < 1.29 is 0 Å². The van der Waals surface area contributed by atoms with Crippen molar-refractivity contribution in [3.8, 4) is 0 Å². The molecule has 0 radical (unpaired) electrons. The highest BCUT2D eigenvalue weighted by molar-refractivity contribution is 7.80. The minimum Gasteiger partial charge on any atom is -0.398 e. The Hall–Kier alpha value is -1.55. The van der Waals surface area contributed by atoms with Crippen LogP contribution in [-0.4, -0.2) is 11.2 Å². The zero-order valence-electron chi connectivity index (χ0n) is 9.36. The molecule has 0 spiro atoms. The lowest BCUT2D eigenvalue weighted by atomic mass is 10.2. The number of hydrogen-bond donors (Lipinski definition) is 3. The molecule has 4 N–H and O–H groups in total. The number of rotatable bonds is 4. The topological polar surface area (TPSA) is 50.1 Å². The fraction of sp³-hybridized carbons (Fsp3) is 0.250. The van der Waals surface area contributed by atoms with E-state index in [1.807, 2.05) is 31.2 Å². The quantitative estimate of drug-likeness (QED) is 0.423. The number of anilines is 1. The number of benzene rings is 1. The molecule has 1 unspecified atom stereocenters. The molecule has 1 aromatic carbocycles. The smallest absolute Gasteiger partial charge is 0.167 e. The van der Waals surface area contributed by atoms with Gasteiger partial charge in [-0.15, -0.1) is 6.58 Å². The Morgan fingerprint density at radius 2 is 2.25 bits per heavy atom. The minimum absolute atomic E-state index is 0.160. The van der Waals surface area contributed by atoms with Gasteiger partial charge in [-0.1, -0.05) is 24.3 Å². The summed E-state index contributed by atoms with van der Waals surface area (Å²) in [5.41, 5.74) is 7.63. The van der Waals surface area contributed by atoms with E-state index in [0.717, 1.165) is 11.3 Å². The Labute approximate surface area is 102 Å². The summed E-state index contributed by atoms with van der Waals surface area (Å²) in [5.74, 6) is 0. The van der Waals surface area contributed by atoms with Gasteiger partial charge < -0.3 is 16.4 Å². The Balaban J connectivity index is 2.43. The first-order valence-electron chi connectivity index (χ1n) is 5.13. The predicted octanol–water partition coefficient (Wildman–Crippen LogP) is 1.81. The summed E-state index contributed by atoms with van der Waals surface area (Å²) in [7, 11) is 0. The van der Waals surface area contributed by atoms with Crippen LogP contribution < -0.4 is 16.4 Å². The van der Waals surface area contributed by atoms with E-state index in [1.165, 1.54) is 0 Å². The minimum atomic E-state index is 0.160. The van der Waals surface area contributed by atoms with E-state index in [9.17, 15) is 0 Å². The predicted molar refractivity (Wildman–Crippen MR) is 73.1 cm³/mol. The van der Waals surface area contributed by atoms with Crippen LogP contribution in [0.2, 0.25) is 0 Å². The molecule has 0 aliphatic heterocycles. The second-order valence-electron chi connectivity index (χ2n) is 3.55. The zero-order valence-corrected chi connectivity index (χ0v) is 10.2. The number of nitrogen functional groups attached to an aromatic ring is 1. The van der Waals surface area contributed by atoms with Crippen LogP contribution in [0.15, 0.2) is 36.9 Å². The molecule has 0 aromatic heterocycles. The summed E-state index contributed by atoms with van der Waals surface area (Å²) >= 11 is 5.13. The first-order valence-corrected chi connectivity index (χ1v) is 5.54. The molecule has 3 nitrogen and oxygen atoms in total. The third-order valence-corrected chi connectivity index (χ3v) is 2.47. The van der Waals surface area contributed by atoms with Gasteiger partial charge in [0.1, 0.15) is 0 Å². The van der Waals surface area contributed by atoms with Gasteiger partial charge >= 0.3 is 0 Å². The molecule has 1 aromatic rings. The summed E-state index contributed by atoms with van der Waals surface area (Å²) in [5, 5.41) is 6.79. The maximum absolute atomic E-state index is 5.81. The molecule has 0 aliphatic carbocycles. The first kappa shape index (κ1) is 12.5. The highest BCUT2D eigenvalue weighted by atomic mass is 32.1. The van der Waals surface area contributed by atoms with Crippen molar-refractivity contribution in [2.75, 3.05) is 5.73 Å². The summed E-state index contributed by atoms with van der Waals surface area (Å²) < 4.78 is 0. The second-order valence-corrected chi connectivity index (χ2v) is 3.96. The zero-order chi connectivity index (χ0) is 12.0. The third-order valence-electron chi connectivity index (χ3n) is 2.21. The fourth-order valence-electron chi connectivity index (χ4n) is 1.19. The molecule has 0 bridgehead atoms. The number of nitrogens with one attached hydrogen (secondary N) is 2. The van der Waals surface area contributed by atoms with Crippen molar-refractivity contribution in [3.63, 3.8) is 0 Å². The van der Waals surface area contributed by atoms with Gasteiger partial charge in [0.15, 0.2) is 5.11 Å². The van der Waals surface area contributed by atoms with E-state index in [-0.39, 0.29) is 6.04 Å². The Bertz CT molecular complexity index is 376. The molecule has 0 heterocycles. The molecule has 16 heavy (non-hydrogen) atoms. The number of para-hydroxylation sites is 1. The SMILES string of the molecule is C=CC(C)NC(=S)NCc1ccccc1N. The van der Waals surface area contributed by atoms with E-state index in [1.54, 1.807) is 6.08 Å². The van der Waals surface area contributed by atoms with Crippen LogP contribution in [0.25, 0.3) is 0 Å². The largest absolute Gasteiger partial charge is 0.398 e. The maximum atomic E-state index is 5.81. The van der Waals surface area contributed by atoms with Gasteiger partial charge in [-0.05, 0) is 30.8 Å². The van der Waals surface area contributed by atoms with Gasteiger partial charge in [-0.3, -0.25) is 0 Å². The van der Waals surface area contributed by atoms with Crippen LogP contribution in [0, 0.1) is 0 Å². The van der Waals surface area contributed by atoms with Gasteiger partial charge in [-0.2, -0.15) is 0 Å². The third kappa shape index (κ3) is 3.90. The molecule has 1 rings (SSSR count). The van der Waals surface area contributed by atoms with Crippen LogP contribution in [0.1, 0.15) is 12.5 Å². The normalized spacial score (nSPS) is 11.6. The molecule has 0 aliphatic rings. The summed E-state index contributed by atoms with van der Waals surface area (Å²) in [4.78, 5) is 0. The van der Waals surface area contributed by atoms with E-state index in [2.05, 4.69) is 17.2 Å². The van der Waals surface area contributed by atoms with Gasteiger partial charge in [0.2, 0.25) is 0 Å². The van der Waals surface area contributed by atoms with Gasteiger partial charge in [0.05, 0.1) is 0 Å². The van der Waals surface area contributed by atoms with Gasteiger partial charge in [0.25, 0.3) is 0 Å². The highest BCUT2D eigenvalue weighted by Gasteiger charge is 2.01. The van der Waals surface area contributed by atoms with Crippen molar-refractivity contribution in [2.45, 2.75) is 19.5 Å². The molecule has 4 heteroatoms. The summed E-state index contributed by atoms with van der Waals surface area (Å²) in [6.07, 6.45) is 1.80. The van der Waals surface area contributed by atoms with E-state index < -0.39 is 0 Å². The Morgan fingerprint density at radius 1 is 1.56 bits per heavy atom. The number of nitrogens with two attached hydrogens (primary N) is 1. The molecule has 0 saturated heterocycles.